The lowest BCUT2D eigenvalue weighted by Crippen LogP contribution is -1.88. The molecule has 2 aromatic rings. The van der Waals surface area contributed by atoms with Gasteiger partial charge in [0.25, 0.3) is 5.69 Å². The van der Waals surface area contributed by atoms with E-state index in [1.807, 2.05) is 24.3 Å². The van der Waals surface area contributed by atoms with Crippen molar-refractivity contribution in [1.82, 2.24) is 0 Å². The second-order valence-electron chi connectivity index (χ2n) is 3.80. The Balaban J connectivity index is 2.10. The van der Waals surface area contributed by atoms with E-state index in [9.17, 15) is 10.1 Å². The van der Waals surface area contributed by atoms with Crippen molar-refractivity contribution in [2.24, 2.45) is 4.99 Å². The summed E-state index contributed by atoms with van der Waals surface area (Å²) in [6.07, 6.45) is 1.66. The summed E-state index contributed by atoms with van der Waals surface area (Å²) < 4.78 is 5.05. The third-order valence-electron chi connectivity index (χ3n) is 2.54. The number of rotatable bonds is 4. The fourth-order valence-electron chi connectivity index (χ4n) is 1.50. The molecule has 0 radical (unpaired) electrons. The number of benzene rings is 2. The maximum atomic E-state index is 10.5. The zero-order valence-corrected chi connectivity index (χ0v) is 10.3. The molecule has 96 valence electrons. The molecule has 5 nitrogen and oxygen atoms in total. The molecule has 5 heteroatoms. The number of nitro groups is 1. The number of nitrogens with zero attached hydrogens (tertiary/aromatic N) is 2. The van der Waals surface area contributed by atoms with Gasteiger partial charge in [-0.05, 0) is 42.0 Å². The van der Waals surface area contributed by atoms with Crippen molar-refractivity contribution in [3.05, 3.63) is 64.2 Å². The van der Waals surface area contributed by atoms with Gasteiger partial charge in [-0.25, -0.2) is 0 Å². The van der Waals surface area contributed by atoms with E-state index in [1.54, 1.807) is 25.5 Å². The van der Waals surface area contributed by atoms with Crippen LogP contribution in [0.25, 0.3) is 0 Å². The van der Waals surface area contributed by atoms with E-state index < -0.39 is 4.92 Å². The Kier molecular flexibility index (Phi) is 3.87. The third-order valence-corrected chi connectivity index (χ3v) is 2.54. The van der Waals surface area contributed by atoms with Crippen LogP contribution in [0.3, 0.4) is 0 Å². The number of hydrogen-bond donors (Lipinski definition) is 0. The molecule has 0 aromatic heterocycles. The minimum absolute atomic E-state index is 0.0709. The van der Waals surface area contributed by atoms with Gasteiger partial charge in [-0.3, -0.25) is 15.1 Å². The maximum absolute atomic E-state index is 10.5. The summed E-state index contributed by atoms with van der Waals surface area (Å²) in [4.78, 5) is 14.4. The summed E-state index contributed by atoms with van der Waals surface area (Å²) in [6, 6.07) is 13.5. The van der Waals surface area contributed by atoms with Crippen molar-refractivity contribution in [3.8, 4) is 5.75 Å². The summed E-state index contributed by atoms with van der Waals surface area (Å²) in [6.45, 7) is 0. The smallest absolute Gasteiger partial charge is 0.269 e. The maximum Gasteiger partial charge on any atom is 0.269 e. The lowest BCUT2D eigenvalue weighted by molar-refractivity contribution is -0.384. The minimum atomic E-state index is -0.426. The van der Waals surface area contributed by atoms with Crippen LogP contribution in [0.2, 0.25) is 0 Å². The number of non-ortho nitro benzene ring substituents is 1. The lowest BCUT2D eigenvalue weighted by atomic mass is 10.2. The van der Waals surface area contributed by atoms with Crippen molar-refractivity contribution in [2.75, 3.05) is 7.11 Å². The molecule has 0 atom stereocenters. The van der Waals surface area contributed by atoms with Crippen LogP contribution in [0.4, 0.5) is 11.4 Å². The van der Waals surface area contributed by atoms with E-state index in [1.165, 1.54) is 12.1 Å². The summed E-state index contributed by atoms with van der Waals surface area (Å²) in [5.74, 6) is 0.772. The standard InChI is InChI=1S/C14H12N2O3/c1-19-14-8-4-12(5-9-14)15-10-11-2-6-13(7-3-11)16(17)18/h2-10H,1H3. The highest BCUT2D eigenvalue weighted by Crippen LogP contribution is 2.18. The summed E-state index contributed by atoms with van der Waals surface area (Å²) in [5, 5.41) is 10.5. The molecular weight excluding hydrogens is 244 g/mol. The number of ether oxygens (including phenoxy) is 1. The Morgan fingerprint density at radius 3 is 2.26 bits per heavy atom. The predicted octanol–water partition coefficient (Wildman–Crippen LogP) is 3.35. The van der Waals surface area contributed by atoms with Crippen molar-refractivity contribution in [3.63, 3.8) is 0 Å². The second kappa shape index (κ2) is 5.77. The molecule has 0 saturated heterocycles. The molecule has 0 spiro atoms. The van der Waals surface area contributed by atoms with Crippen LogP contribution in [0.1, 0.15) is 5.56 Å². The van der Waals surface area contributed by atoms with E-state index in [0.29, 0.717) is 0 Å². The first-order valence-electron chi connectivity index (χ1n) is 5.61. The van der Waals surface area contributed by atoms with Gasteiger partial charge < -0.3 is 4.74 Å². The average molecular weight is 256 g/mol. The molecule has 2 aromatic carbocycles. The van der Waals surface area contributed by atoms with E-state index in [-0.39, 0.29) is 5.69 Å². The van der Waals surface area contributed by atoms with E-state index in [4.69, 9.17) is 4.74 Å². The zero-order valence-electron chi connectivity index (χ0n) is 10.3. The van der Waals surface area contributed by atoms with Crippen molar-refractivity contribution in [1.29, 1.82) is 0 Å². The molecule has 0 amide bonds. The van der Waals surface area contributed by atoms with E-state index in [0.717, 1.165) is 17.0 Å². The largest absolute Gasteiger partial charge is 0.497 e. The fourth-order valence-corrected chi connectivity index (χ4v) is 1.50. The Hall–Kier alpha value is -2.69. The molecule has 0 unspecified atom stereocenters. The topological polar surface area (TPSA) is 64.7 Å². The monoisotopic (exact) mass is 256 g/mol. The van der Waals surface area contributed by atoms with Crippen LogP contribution in [-0.2, 0) is 0 Å². The molecule has 0 heterocycles. The summed E-state index contributed by atoms with van der Waals surface area (Å²) in [7, 11) is 1.61. The zero-order chi connectivity index (χ0) is 13.7. The first-order valence-corrected chi connectivity index (χ1v) is 5.61. The Labute approximate surface area is 110 Å². The number of methoxy groups -OCH3 is 1. The van der Waals surface area contributed by atoms with Crippen LogP contribution in [0.5, 0.6) is 5.75 Å². The molecule has 0 N–H and O–H groups in total. The highest BCUT2D eigenvalue weighted by atomic mass is 16.6. The third kappa shape index (κ3) is 3.38. The molecule has 0 saturated carbocycles. The SMILES string of the molecule is COc1ccc(N=Cc2ccc([N+](=O)[O-])cc2)cc1. The number of aliphatic imine (C=N–C) groups is 1. The Morgan fingerprint density at radius 2 is 1.74 bits per heavy atom. The van der Waals surface area contributed by atoms with Crippen LogP contribution in [-0.4, -0.2) is 18.2 Å². The molecule has 19 heavy (non-hydrogen) atoms. The van der Waals surface area contributed by atoms with E-state index in [2.05, 4.69) is 4.99 Å². The Morgan fingerprint density at radius 1 is 1.11 bits per heavy atom. The first kappa shape index (κ1) is 12.8. The van der Waals surface area contributed by atoms with Gasteiger partial charge in [0.2, 0.25) is 0 Å². The number of nitro benzene ring substituents is 1. The lowest BCUT2D eigenvalue weighted by Gasteiger charge is -1.99. The Bertz CT molecular complexity index is 589. The average Bonchev–Trinajstić information content (AvgIpc) is 2.46. The van der Waals surface area contributed by atoms with Gasteiger partial charge in [-0.15, -0.1) is 0 Å². The molecular formula is C14H12N2O3. The molecule has 0 bridgehead atoms. The van der Waals surface area contributed by atoms with Crippen LogP contribution < -0.4 is 4.74 Å². The van der Waals surface area contributed by atoms with Gasteiger partial charge in [0.05, 0.1) is 17.7 Å². The highest BCUT2D eigenvalue weighted by Gasteiger charge is 2.02. The van der Waals surface area contributed by atoms with Crippen LogP contribution >= 0.6 is 0 Å². The summed E-state index contributed by atoms with van der Waals surface area (Å²) >= 11 is 0. The van der Waals surface area contributed by atoms with Crippen LogP contribution in [0.15, 0.2) is 53.5 Å². The van der Waals surface area contributed by atoms with Crippen LogP contribution in [0, 0.1) is 10.1 Å². The minimum Gasteiger partial charge on any atom is -0.497 e. The summed E-state index contributed by atoms with van der Waals surface area (Å²) in [5.41, 5.74) is 1.67. The van der Waals surface area contributed by atoms with Gasteiger partial charge in [0, 0.05) is 18.3 Å². The van der Waals surface area contributed by atoms with Crippen molar-refractivity contribution < 1.29 is 9.66 Å². The van der Waals surface area contributed by atoms with E-state index >= 15 is 0 Å². The van der Waals surface area contributed by atoms with Gasteiger partial charge in [-0.1, -0.05) is 0 Å². The normalized spacial score (nSPS) is 10.6. The first-order chi connectivity index (χ1) is 9.19. The molecule has 0 aliphatic rings. The van der Waals surface area contributed by atoms with Crippen molar-refractivity contribution in [2.45, 2.75) is 0 Å². The second-order valence-corrected chi connectivity index (χ2v) is 3.80. The quantitative estimate of drug-likeness (QED) is 0.478. The molecule has 2 rings (SSSR count). The van der Waals surface area contributed by atoms with Gasteiger partial charge in [0.1, 0.15) is 5.75 Å². The molecule has 0 aliphatic heterocycles. The van der Waals surface area contributed by atoms with Crippen molar-refractivity contribution >= 4 is 17.6 Å². The highest BCUT2D eigenvalue weighted by molar-refractivity contribution is 5.82. The van der Waals surface area contributed by atoms with Gasteiger partial charge in [-0.2, -0.15) is 0 Å². The molecule has 0 fully saturated rings. The van der Waals surface area contributed by atoms with Gasteiger partial charge in [0.15, 0.2) is 0 Å². The predicted molar refractivity (Wildman–Crippen MR) is 73.3 cm³/mol. The van der Waals surface area contributed by atoms with Gasteiger partial charge >= 0.3 is 0 Å². The molecule has 0 aliphatic carbocycles. The fraction of sp³-hybridized carbons (Fsp3) is 0.0714. The number of hydrogen-bond acceptors (Lipinski definition) is 4.